The predicted molar refractivity (Wildman–Crippen MR) is 58.3 cm³/mol. The molecule has 0 N–H and O–H groups in total. The molecule has 0 spiro atoms. The third-order valence-electron chi connectivity index (χ3n) is 2.35. The van der Waals surface area contributed by atoms with Gasteiger partial charge in [0.1, 0.15) is 5.58 Å². The monoisotopic (exact) mass is 194 g/mol. The third-order valence-corrected chi connectivity index (χ3v) is 2.35. The molecule has 0 aliphatic heterocycles. The zero-order chi connectivity index (χ0) is 10.1. The van der Waals surface area contributed by atoms with Crippen LogP contribution in [0.15, 0.2) is 53.3 Å². The van der Waals surface area contributed by atoms with E-state index in [0.717, 1.165) is 22.2 Å². The molecule has 0 aliphatic carbocycles. The van der Waals surface area contributed by atoms with E-state index in [0.29, 0.717) is 0 Å². The summed E-state index contributed by atoms with van der Waals surface area (Å²) < 4.78 is 5.33. The first kappa shape index (κ1) is 8.24. The van der Waals surface area contributed by atoms with Crippen LogP contribution >= 0.6 is 0 Å². The number of rotatable bonds is 1. The highest BCUT2D eigenvalue weighted by atomic mass is 16.3. The van der Waals surface area contributed by atoms with Crippen molar-refractivity contribution < 1.29 is 4.42 Å². The van der Waals surface area contributed by atoms with Gasteiger partial charge in [-0.05, 0) is 36.4 Å². The molecule has 0 amide bonds. The molecule has 15 heavy (non-hydrogen) atoms. The Bertz CT molecular complexity index is 584. The number of fused-ring (bicyclic) bond motifs is 1. The molecule has 3 rings (SSSR count). The first-order valence-corrected chi connectivity index (χ1v) is 4.74. The highest BCUT2D eigenvalue weighted by molar-refractivity contribution is 5.92. The Morgan fingerprint density at radius 3 is 3.00 bits per heavy atom. The maximum atomic E-state index is 5.33. The fourth-order valence-electron chi connectivity index (χ4n) is 1.66. The van der Waals surface area contributed by atoms with Gasteiger partial charge in [-0.2, -0.15) is 0 Å². The first-order valence-electron chi connectivity index (χ1n) is 4.74. The third kappa shape index (κ3) is 1.31. The summed E-state index contributed by atoms with van der Waals surface area (Å²) in [5, 5.41) is 1.05. The van der Waals surface area contributed by atoms with Crippen molar-refractivity contribution >= 4 is 11.0 Å². The Kier molecular flexibility index (Phi) is 1.78. The fraction of sp³-hybridized carbons (Fsp3) is 0. The van der Waals surface area contributed by atoms with Gasteiger partial charge in [0.25, 0.3) is 0 Å². The molecular formula is C13H8NO. The van der Waals surface area contributed by atoms with Gasteiger partial charge in [-0.3, -0.25) is 4.98 Å². The Hall–Kier alpha value is -2.09. The van der Waals surface area contributed by atoms with Crippen molar-refractivity contribution in [3.8, 4) is 11.3 Å². The lowest BCUT2D eigenvalue weighted by molar-refractivity contribution is 0.616. The van der Waals surface area contributed by atoms with Crippen LogP contribution in [0.25, 0.3) is 22.2 Å². The molecular weight excluding hydrogens is 186 g/mol. The van der Waals surface area contributed by atoms with Crippen molar-refractivity contribution in [2.75, 3.05) is 0 Å². The summed E-state index contributed by atoms with van der Waals surface area (Å²) in [6.45, 7) is 0. The average Bonchev–Trinajstić information content (AvgIpc) is 2.78. The van der Waals surface area contributed by atoms with E-state index >= 15 is 0 Å². The summed E-state index contributed by atoms with van der Waals surface area (Å²) in [6, 6.07) is 14.7. The van der Waals surface area contributed by atoms with Crippen LogP contribution in [-0.4, -0.2) is 4.98 Å². The standard InChI is InChI=1S/C13H8NO/c1-2-8-14-12(5-1)10-4-3-6-13-11(10)7-9-15-13/h1-3,5-9H. The van der Waals surface area contributed by atoms with E-state index in [-0.39, 0.29) is 0 Å². The van der Waals surface area contributed by atoms with Crippen molar-refractivity contribution in [1.82, 2.24) is 4.98 Å². The molecule has 0 bridgehead atoms. The number of benzene rings is 1. The molecule has 0 unspecified atom stereocenters. The van der Waals surface area contributed by atoms with Crippen LogP contribution in [0.4, 0.5) is 0 Å². The normalized spacial score (nSPS) is 10.7. The van der Waals surface area contributed by atoms with Gasteiger partial charge in [0.05, 0.1) is 12.0 Å². The number of hydrogen-bond acceptors (Lipinski definition) is 2. The fourth-order valence-corrected chi connectivity index (χ4v) is 1.66. The van der Waals surface area contributed by atoms with Gasteiger partial charge in [0.15, 0.2) is 0 Å². The Morgan fingerprint density at radius 1 is 1.13 bits per heavy atom. The van der Waals surface area contributed by atoms with Gasteiger partial charge in [0, 0.05) is 17.1 Å². The van der Waals surface area contributed by atoms with E-state index in [2.05, 4.69) is 11.1 Å². The second-order valence-corrected chi connectivity index (χ2v) is 3.27. The summed E-state index contributed by atoms with van der Waals surface area (Å²) in [5.41, 5.74) is 2.78. The minimum absolute atomic E-state index is 0.870. The maximum Gasteiger partial charge on any atom is 0.134 e. The summed E-state index contributed by atoms with van der Waals surface area (Å²) in [4.78, 5) is 4.31. The van der Waals surface area contributed by atoms with Crippen LogP contribution in [0.2, 0.25) is 0 Å². The van der Waals surface area contributed by atoms with E-state index in [1.807, 2.05) is 36.4 Å². The number of hydrogen-bond donors (Lipinski definition) is 0. The molecule has 1 aromatic carbocycles. The van der Waals surface area contributed by atoms with E-state index in [1.54, 1.807) is 12.5 Å². The van der Waals surface area contributed by atoms with E-state index in [9.17, 15) is 0 Å². The molecule has 2 aromatic heterocycles. The number of nitrogens with zero attached hydrogens (tertiary/aromatic N) is 1. The lowest BCUT2D eigenvalue weighted by Crippen LogP contribution is -1.82. The van der Waals surface area contributed by atoms with Gasteiger partial charge < -0.3 is 4.42 Å². The largest absolute Gasteiger partial charge is 0.464 e. The minimum atomic E-state index is 0.870. The quantitative estimate of drug-likeness (QED) is 0.594. The Morgan fingerprint density at radius 2 is 2.13 bits per heavy atom. The summed E-state index contributed by atoms with van der Waals surface area (Å²) in [7, 11) is 0. The highest BCUT2D eigenvalue weighted by Crippen LogP contribution is 2.26. The maximum absolute atomic E-state index is 5.33. The molecule has 3 aromatic rings. The molecule has 0 atom stereocenters. The number of aromatic nitrogens is 1. The van der Waals surface area contributed by atoms with Crippen LogP contribution in [-0.2, 0) is 0 Å². The lowest BCUT2D eigenvalue weighted by atomic mass is 10.1. The second kappa shape index (κ2) is 3.24. The topological polar surface area (TPSA) is 26.0 Å². The summed E-state index contributed by atoms with van der Waals surface area (Å²) >= 11 is 0. The molecule has 2 heteroatoms. The molecule has 0 saturated heterocycles. The molecule has 0 fully saturated rings. The number of furan rings is 1. The van der Waals surface area contributed by atoms with Crippen molar-refractivity contribution in [2.45, 2.75) is 0 Å². The van der Waals surface area contributed by atoms with E-state index < -0.39 is 0 Å². The zero-order valence-electron chi connectivity index (χ0n) is 7.97. The van der Waals surface area contributed by atoms with Crippen LogP contribution in [0.1, 0.15) is 0 Å². The molecule has 0 saturated carbocycles. The van der Waals surface area contributed by atoms with Gasteiger partial charge in [-0.1, -0.05) is 6.07 Å². The SMILES string of the molecule is [c]1ccc2occc2c1-c1ccccn1. The average molecular weight is 194 g/mol. The molecule has 2 nitrogen and oxygen atoms in total. The van der Waals surface area contributed by atoms with Crippen LogP contribution in [0.5, 0.6) is 0 Å². The summed E-state index contributed by atoms with van der Waals surface area (Å²) in [5.74, 6) is 0. The lowest BCUT2D eigenvalue weighted by Gasteiger charge is -2.00. The van der Waals surface area contributed by atoms with Crippen molar-refractivity contribution in [3.05, 3.63) is 54.9 Å². The van der Waals surface area contributed by atoms with Crippen LogP contribution in [0, 0.1) is 6.07 Å². The van der Waals surface area contributed by atoms with Crippen molar-refractivity contribution in [2.24, 2.45) is 0 Å². The van der Waals surface area contributed by atoms with Gasteiger partial charge >= 0.3 is 0 Å². The van der Waals surface area contributed by atoms with Gasteiger partial charge in [0.2, 0.25) is 0 Å². The Balaban J connectivity index is 2.31. The van der Waals surface area contributed by atoms with Crippen molar-refractivity contribution in [3.63, 3.8) is 0 Å². The Labute approximate surface area is 87.2 Å². The van der Waals surface area contributed by atoms with E-state index in [4.69, 9.17) is 4.42 Å². The van der Waals surface area contributed by atoms with Crippen molar-refractivity contribution in [1.29, 1.82) is 0 Å². The first-order chi connectivity index (χ1) is 7.45. The predicted octanol–water partition coefficient (Wildman–Crippen LogP) is 3.29. The van der Waals surface area contributed by atoms with Crippen LogP contribution in [0.3, 0.4) is 0 Å². The molecule has 1 radical (unpaired) electrons. The second-order valence-electron chi connectivity index (χ2n) is 3.27. The highest BCUT2D eigenvalue weighted by Gasteiger charge is 2.05. The molecule has 2 heterocycles. The van der Waals surface area contributed by atoms with Crippen LogP contribution < -0.4 is 0 Å². The molecule has 0 aliphatic rings. The summed E-state index contributed by atoms with van der Waals surface area (Å²) in [6.07, 6.45) is 3.47. The van der Waals surface area contributed by atoms with E-state index in [1.165, 1.54) is 0 Å². The van der Waals surface area contributed by atoms with Gasteiger partial charge in [-0.25, -0.2) is 0 Å². The van der Waals surface area contributed by atoms with Gasteiger partial charge in [-0.15, -0.1) is 0 Å². The molecule has 71 valence electrons. The smallest absolute Gasteiger partial charge is 0.134 e. The minimum Gasteiger partial charge on any atom is -0.464 e. The zero-order valence-corrected chi connectivity index (χ0v) is 7.97. The number of pyridine rings is 1.